The number of hydrogen-bond acceptors (Lipinski definition) is 5. The second-order valence-corrected chi connectivity index (χ2v) is 8.73. The molecule has 156 valence electrons. The molecule has 3 aliphatic heterocycles. The lowest BCUT2D eigenvalue weighted by Gasteiger charge is -2.48. The van der Waals surface area contributed by atoms with Gasteiger partial charge < -0.3 is 5.11 Å². The van der Waals surface area contributed by atoms with Crippen LogP contribution in [-0.4, -0.2) is 64.1 Å². The predicted molar refractivity (Wildman–Crippen MR) is 111 cm³/mol. The third kappa shape index (κ3) is 3.33. The lowest BCUT2D eigenvalue weighted by Crippen LogP contribution is -2.61. The fraction of sp³-hybridized carbons (Fsp3) is 0.565. The molecule has 1 aromatic carbocycles. The molecule has 6 heteroatoms. The largest absolute Gasteiger partial charge is 0.386 e. The number of fused-ring (bicyclic) bond motifs is 1. The van der Waals surface area contributed by atoms with Gasteiger partial charge in [0.1, 0.15) is 6.04 Å². The normalized spacial score (nSPS) is 29.4. The number of carbonyl (C=O) groups excluding carboxylic acids is 2. The van der Waals surface area contributed by atoms with Crippen molar-refractivity contribution in [2.45, 2.75) is 58.2 Å². The molecular formula is C23H31N3O3. The topological polar surface area (TPSA) is 64.1 Å². The van der Waals surface area contributed by atoms with Crippen LogP contribution in [0, 0.1) is 26.7 Å². The Morgan fingerprint density at radius 1 is 0.966 bits per heavy atom. The van der Waals surface area contributed by atoms with Crippen LogP contribution in [-0.2, 0) is 9.59 Å². The van der Waals surface area contributed by atoms with Crippen molar-refractivity contribution in [1.82, 2.24) is 14.9 Å². The lowest BCUT2D eigenvalue weighted by atomic mass is 9.87. The van der Waals surface area contributed by atoms with Crippen LogP contribution >= 0.6 is 0 Å². The third-order valence-corrected chi connectivity index (χ3v) is 6.66. The Labute approximate surface area is 172 Å². The Balaban J connectivity index is 1.77. The van der Waals surface area contributed by atoms with E-state index >= 15 is 0 Å². The van der Waals surface area contributed by atoms with Crippen molar-refractivity contribution in [3.05, 3.63) is 46.5 Å². The number of likely N-dealkylation sites (tertiary alicyclic amines) is 1. The number of piperidine rings is 1. The van der Waals surface area contributed by atoms with Crippen LogP contribution < -0.4 is 0 Å². The van der Waals surface area contributed by atoms with Crippen molar-refractivity contribution in [2.24, 2.45) is 5.92 Å². The summed E-state index contributed by atoms with van der Waals surface area (Å²) in [5.41, 5.74) is 4.18. The summed E-state index contributed by atoms with van der Waals surface area (Å²) in [6.07, 6.45) is 6.28. The average molecular weight is 398 g/mol. The Bertz CT molecular complexity index is 836. The van der Waals surface area contributed by atoms with Gasteiger partial charge in [0.25, 0.3) is 0 Å². The predicted octanol–water partition coefficient (Wildman–Crippen LogP) is 2.27. The van der Waals surface area contributed by atoms with Crippen LogP contribution in [0.2, 0.25) is 0 Å². The van der Waals surface area contributed by atoms with Crippen molar-refractivity contribution in [1.29, 1.82) is 0 Å². The summed E-state index contributed by atoms with van der Waals surface area (Å²) in [5.74, 6) is -0.809. The van der Waals surface area contributed by atoms with E-state index < -0.39 is 18.1 Å². The fourth-order valence-corrected chi connectivity index (χ4v) is 5.34. The minimum atomic E-state index is -0.775. The zero-order valence-electron chi connectivity index (χ0n) is 17.8. The van der Waals surface area contributed by atoms with E-state index in [0.29, 0.717) is 0 Å². The highest BCUT2D eigenvalue weighted by Gasteiger charge is 2.53. The number of aliphatic hydroxyl groups is 1. The first-order chi connectivity index (χ1) is 13.8. The number of benzene rings is 1. The molecule has 0 spiro atoms. The van der Waals surface area contributed by atoms with Gasteiger partial charge in [-0.15, -0.1) is 0 Å². The van der Waals surface area contributed by atoms with Crippen LogP contribution in [0.3, 0.4) is 0 Å². The van der Waals surface area contributed by atoms with Gasteiger partial charge in [0.15, 0.2) is 0 Å². The van der Waals surface area contributed by atoms with Gasteiger partial charge in [0, 0.05) is 20.1 Å². The summed E-state index contributed by atoms with van der Waals surface area (Å²) in [5, 5.41) is 15.7. The molecule has 1 N–H and O–H groups in total. The van der Waals surface area contributed by atoms with Crippen LogP contribution in [0.5, 0.6) is 0 Å². The summed E-state index contributed by atoms with van der Waals surface area (Å²) in [6, 6.07) is 3.23. The van der Waals surface area contributed by atoms with E-state index in [2.05, 4.69) is 24.1 Å². The number of imide groups is 1. The van der Waals surface area contributed by atoms with E-state index in [1.165, 1.54) is 16.9 Å². The minimum absolute atomic E-state index is 0.158. The molecule has 4 rings (SSSR count). The van der Waals surface area contributed by atoms with Gasteiger partial charge in [0.2, 0.25) is 11.8 Å². The maximum Gasteiger partial charge on any atom is 0.248 e. The minimum Gasteiger partial charge on any atom is -0.386 e. The zero-order chi connectivity index (χ0) is 20.9. The maximum atomic E-state index is 13.0. The molecule has 6 nitrogen and oxygen atoms in total. The quantitative estimate of drug-likeness (QED) is 0.626. The Morgan fingerprint density at radius 2 is 1.59 bits per heavy atom. The van der Waals surface area contributed by atoms with Crippen LogP contribution in [0.1, 0.15) is 47.6 Å². The van der Waals surface area contributed by atoms with E-state index in [1.54, 1.807) is 7.05 Å². The molecule has 0 aromatic heterocycles. The fourth-order valence-electron chi connectivity index (χ4n) is 5.34. The molecule has 3 heterocycles. The zero-order valence-corrected chi connectivity index (χ0v) is 17.8. The molecule has 2 fully saturated rings. The molecule has 0 saturated carbocycles. The van der Waals surface area contributed by atoms with E-state index in [0.717, 1.165) is 42.6 Å². The van der Waals surface area contributed by atoms with Crippen molar-refractivity contribution >= 4 is 11.8 Å². The first kappa shape index (κ1) is 20.3. The van der Waals surface area contributed by atoms with Gasteiger partial charge in [-0.3, -0.25) is 14.5 Å². The average Bonchev–Trinajstić information content (AvgIpc) is 2.91. The van der Waals surface area contributed by atoms with Gasteiger partial charge in [-0.25, -0.2) is 10.0 Å². The molecule has 0 aliphatic carbocycles. The highest BCUT2D eigenvalue weighted by Crippen LogP contribution is 2.38. The van der Waals surface area contributed by atoms with Crippen molar-refractivity contribution in [3.8, 4) is 0 Å². The molecule has 4 unspecified atom stereocenters. The van der Waals surface area contributed by atoms with E-state index in [1.807, 2.05) is 31.0 Å². The number of hydrogen-bond donors (Lipinski definition) is 1. The van der Waals surface area contributed by atoms with Gasteiger partial charge in [0.05, 0.1) is 18.1 Å². The number of carbonyl (C=O) groups is 2. The molecule has 29 heavy (non-hydrogen) atoms. The Kier molecular flexibility index (Phi) is 5.36. The molecular weight excluding hydrogens is 366 g/mol. The van der Waals surface area contributed by atoms with E-state index in [4.69, 9.17) is 0 Å². The summed E-state index contributed by atoms with van der Waals surface area (Å²) in [4.78, 5) is 26.9. The van der Waals surface area contributed by atoms with E-state index in [-0.39, 0.29) is 17.9 Å². The number of rotatable bonds is 3. The lowest BCUT2D eigenvalue weighted by molar-refractivity contribution is -0.155. The number of aryl methyl sites for hydroxylation is 3. The smallest absolute Gasteiger partial charge is 0.248 e. The summed E-state index contributed by atoms with van der Waals surface area (Å²) in [7, 11) is 1.56. The molecule has 1 aromatic rings. The highest BCUT2D eigenvalue weighted by atomic mass is 16.3. The number of hydrazine groups is 1. The SMILES string of the molecule is Cc1cc(C)c(C(O)C2C=CC3C(=O)N(C)C(=O)C3N2N2CCCCC2)c(C)c1. The molecule has 2 saturated heterocycles. The van der Waals surface area contributed by atoms with Gasteiger partial charge in [-0.2, -0.15) is 0 Å². The van der Waals surface area contributed by atoms with Crippen LogP contribution in [0.15, 0.2) is 24.3 Å². The molecule has 4 atom stereocenters. The number of aliphatic hydroxyl groups excluding tert-OH is 1. The third-order valence-electron chi connectivity index (χ3n) is 6.66. The number of nitrogens with zero attached hydrogens (tertiary/aromatic N) is 3. The van der Waals surface area contributed by atoms with Crippen molar-refractivity contribution < 1.29 is 14.7 Å². The van der Waals surface area contributed by atoms with Gasteiger partial charge >= 0.3 is 0 Å². The molecule has 0 bridgehead atoms. The second kappa shape index (κ2) is 7.67. The number of amides is 2. The molecule has 3 aliphatic rings. The number of likely N-dealkylation sites (N-methyl/N-ethyl adjacent to an activating group) is 1. The van der Waals surface area contributed by atoms with Crippen LogP contribution in [0.25, 0.3) is 0 Å². The summed E-state index contributed by atoms with van der Waals surface area (Å²) in [6.45, 7) is 7.79. The standard InChI is InChI=1S/C23H31N3O3/c1-14-12-15(2)19(16(3)13-14)21(27)18-9-8-17-20(23(29)24(4)22(17)28)26(18)25-10-6-5-7-11-25/h8-9,12-13,17-18,20-21,27H,5-7,10-11H2,1-4H3. The summed E-state index contributed by atoms with van der Waals surface area (Å²) >= 11 is 0. The van der Waals surface area contributed by atoms with Crippen molar-refractivity contribution in [3.63, 3.8) is 0 Å². The second-order valence-electron chi connectivity index (χ2n) is 8.73. The van der Waals surface area contributed by atoms with E-state index in [9.17, 15) is 14.7 Å². The Morgan fingerprint density at radius 3 is 2.21 bits per heavy atom. The molecule has 2 amide bonds. The van der Waals surface area contributed by atoms with Gasteiger partial charge in [-0.1, -0.05) is 36.3 Å². The first-order valence-electron chi connectivity index (χ1n) is 10.6. The van der Waals surface area contributed by atoms with Crippen molar-refractivity contribution in [2.75, 3.05) is 20.1 Å². The van der Waals surface area contributed by atoms with Gasteiger partial charge in [-0.05, 0) is 50.3 Å². The maximum absolute atomic E-state index is 13.0. The van der Waals surface area contributed by atoms with Crippen LogP contribution in [0.4, 0.5) is 0 Å². The monoisotopic (exact) mass is 397 g/mol. The first-order valence-corrected chi connectivity index (χ1v) is 10.6. The molecule has 0 radical (unpaired) electrons. The Hall–Kier alpha value is -2.02. The summed E-state index contributed by atoms with van der Waals surface area (Å²) < 4.78 is 0. The highest BCUT2D eigenvalue weighted by molar-refractivity contribution is 6.07.